The van der Waals surface area contributed by atoms with E-state index in [0.717, 1.165) is 0 Å². The molecule has 12 aromatic rings. The van der Waals surface area contributed by atoms with Gasteiger partial charge in [-0.15, -0.1) is 11.3 Å². The fraction of sp³-hybridized carbons (Fsp3) is 0.0508. The van der Waals surface area contributed by atoms with Crippen LogP contribution in [0.2, 0.25) is 0 Å². The highest BCUT2D eigenvalue weighted by atomic mass is 32.1. The maximum atomic E-state index is 2.45. The van der Waals surface area contributed by atoms with E-state index in [1.54, 1.807) is 0 Å². The second-order valence-corrected chi connectivity index (χ2v) is 18.2. The molecule has 0 aliphatic heterocycles. The highest BCUT2D eigenvalue weighted by Gasteiger charge is 2.37. The molecule has 0 radical (unpaired) electrons. The van der Waals surface area contributed by atoms with Crippen LogP contribution in [0.3, 0.4) is 0 Å². The minimum Gasteiger partial charge on any atom is -0.134 e. The number of hydrogen-bond acceptors (Lipinski definition) is 1. The van der Waals surface area contributed by atoms with E-state index in [2.05, 4.69) is 208 Å². The summed E-state index contributed by atoms with van der Waals surface area (Å²) in [5.74, 6) is 0. The maximum Gasteiger partial charge on any atom is 0.0440 e. The molecule has 1 heteroatoms. The van der Waals surface area contributed by atoms with Crippen LogP contribution in [0.4, 0.5) is 0 Å². The summed E-state index contributed by atoms with van der Waals surface area (Å²) >= 11 is 1.95. The quantitative estimate of drug-likeness (QED) is 0.157. The van der Waals surface area contributed by atoms with Crippen molar-refractivity contribution in [3.63, 3.8) is 0 Å². The second kappa shape index (κ2) is 12.5. The minimum atomic E-state index is -0.0386. The number of rotatable bonds is 3. The Hall–Kier alpha value is -7.06. The Morgan fingerprint density at radius 3 is 1.45 bits per heavy atom. The van der Waals surface area contributed by atoms with Crippen LogP contribution in [0.15, 0.2) is 194 Å². The van der Waals surface area contributed by atoms with Crippen LogP contribution in [-0.2, 0) is 5.41 Å². The summed E-state index contributed by atoms with van der Waals surface area (Å²) in [5, 5.41) is 15.4. The van der Waals surface area contributed by atoms with Crippen LogP contribution in [0.25, 0.3) is 119 Å². The first-order chi connectivity index (χ1) is 29.5. The number of fused-ring (bicyclic) bond motifs is 12. The molecule has 0 atom stereocenters. The molecule has 1 heterocycles. The van der Waals surface area contributed by atoms with Crippen molar-refractivity contribution in [2.75, 3.05) is 0 Å². The first-order valence-corrected chi connectivity index (χ1v) is 21.8. The van der Waals surface area contributed by atoms with E-state index in [4.69, 9.17) is 0 Å². The van der Waals surface area contributed by atoms with Crippen molar-refractivity contribution in [3.8, 4) is 44.5 Å². The number of benzene rings is 11. The minimum absolute atomic E-state index is 0.0386. The normalized spacial score (nSPS) is 13.3. The summed E-state index contributed by atoms with van der Waals surface area (Å²) in [6, 6.07) is 73.0. The smallest absolute Gasteiger partial charge is 0.0440 e. The van der Waals surface area contributed by atoms with E-state index in [1.807, 2.05) is 11.3 Å². The topological polar surface area (TPSA) is 0 Å². The zero-order chi connectivity index (χ0) is 39.7. The summed E-state index contributed by atoms with van der Waals surface area (Å²) in [6.45, 7) is 4.76. The van der Waals surface area contributed by atoms with Crippen molar-refractivity contribution in [1.82, 2.24) is 0 Å². The van der Waals surface area contributed by atoms with Crippen LogP contribution in [-0.4, -0.2) is 0 Å². The van der Waals surface area contributed by atoms with Crippen molar-refractivity contribution in [2.24, 2.45) is 0 Å². The van der Waals surface area contributed by atoms with E-state index < -0.39 is 0 Å². The molecule has 11 aromatic carbocycles. The lowest BCUT2D eigenvalue weighted by Gasteiger charge is -2.21. The highest BCUT2D eigenvalue weighted by Crippen LogP contribution is 2.55. The molecule has 0 amide bonds. The Morgan fingerprint density at radius 1 is 0.333 bits per heavy atom. The van der Waals surface area contributed by atoms with Gasteiger partial charge in [0.25, 0.3) is 0 Å². The van der Waals surface area contributed by atoms with Gasteiger partial charge in [-0.25, -0.2) is 0 Å². The first-order valence-electron chi connectivity index (χ1n) is 21.0. The standard InChI is InChI=1S/C59H38S/c1-59(2)50-22-12-11-21-48(50)56-51(59)29-30-52-57(56)49-34-39-15-5-6-16-43(39)55(58(49)60-52)42-28-25-37-32-41(27-24-38(37)33-42)54-46-19-9-7-17-44(46)53(45-18-8-10-20-47(45)54)40-26-23-35-13-3-4-14-36(35)31-40/h3-34H,1-2H3. The molecule has 1 aromatic heterocycles. The predicted molar refractivity (Wildman–Crippen MR) is 261 cm³/mol. The zero-order valence-electron chi connectivity index (χ0n) is 33.4. The molecule has 0 fully saturated rings. The number of thiophene rings is 1. The average molecular weight is 779 g/mol. The first kappa shape index (κ1) is 33.9. The van der Waals surface area contributed by atoms with Gasteiger partial charge in [-0.1, -0.05) is 178 Å². The van der Waals surface area contributed by atoms with Crippen LogP contribution in [0, 0.1) is 0 Å². The molecule has 60 heavy (non-hydrogen) atoms. The zero-order valence-corrected chi connectivity index (χ0v) is 34.2. The molecule has 13 rings (SSSR count). The van der Waals surface area contributed by atoms with E-state index in [1.165, 1.54) is 130 Å². The van der Waals surface area contributed by atoms with Gasteiger partial charge in [0, 0.05) is 31.2 Å². The fourth-order valence-corrected chi connectivity index (χ4v) is 12.1. The molecule has 280 valence electrons. The summed E-state index contributed by atoms with van der Waals surface area (Å²) in [4.78, 5) is 0. The summed E-state index contributed by atoms with van der Waals surface area (Å²) in [5.41, 5.74) is 13.3. The molecular formula is C59H38S. The third-order valence-corrected chi connectivity index (χ3v) is 14.8. The van der Waals surface area contributed by atoms with Crippen molar-refractivity contribution in [1.29, 1.82) is 0 Å². The molecular weight excluding hydrogens is 741 g/mol. The van der Waals surface area contributed by atoms with Crippen LogP contribution in [0.5, 0.6) is 0 Å². The Kier molecular flexibility index (Phi) is 7.04. The molecule has 0 bridgehead atoms. The monoisotopic (exact) mass is 778 g/mol. The average Bonchev–Trinajstić information content (AvgIpc) is 3.78. The molecule has 0 N–H and O–H groups in total. The third kappa shape index (κ3) is 4.73. The Labute approximate surface area is 352 Å². The van der Waals surface area contributed by atoms with Crippen molar-refractivity contribution < 1.29 is 0 Å². The Balaban J connectivity index is 1.01. The van der Waals surface area contributed by atoms with Crippen LogP contribution >= 0.6 is 11.3 Å². The van der Waals surface area contributed by atoms with Gasteiger partial charge in [-0.3, -0.25) is 0 Å². The molecule has 0 spiro atoms. The van der Waals surface area contributed by atoms with Crippen LogP contribution < -0.4 is 0 Å². The third-order valence-electron chi connectivity index (χ3n) is 13.6. The van der Waals surface area contributed by atoms with Gasteiger partial charge >= 0.3 is 0 Å². The van der Waals surface area contributed by atoms with Crippen LogP contribution in [0.1, 0.15) is 25.0 Å². The molecule has 0 saturated heterocycles. The molecule has 0 nitrogen and oxygen atoms in total. The fourth-order valence-electron chi connectivity index (χ4n) is 10.8. The Bertz CT molecular complexity index is 3750. The van der Waals surface area contributed by atoms with Crippen molar-refractivity contribution in [2.45, 2.75) is 19.3 Å². The van der Waals surface area contributed by atoms with Gasteiger partial charge in [0.05, 0.1) is 0 Å². The Morgan fingerprint density at radius 2 is 0.817 bits per heavy atom. The van der Waals surface area contributed by atoms with Gasteiger partial charge in [-0.2, -0.15) is 0 Å². The summed E-state index contributed by atoms with van der Waals surface area (Å²) in [7, 11) is 0. The van der Waals surface area contributed by atoms with Gasteiger partial charge < -0.3 is 0 Å². The van der Waals surface area contributed by atoms with E-state index in [-0.39, 0.29) is 5.41 Å². The highest BCUT2D eigenvalue weighted by molar-refractivity contribution is 7.26. The van der Waals surface area contributed by atoms with E-state index in [9.17, 15) is 0 Å². The molecule has 0 unspecified atom stereocenters. The van der Waals surface area contributed by atoms with Crippen molar-refractivity contribution in [3.05, 3.63) is 205 Å². The van der Waals surface area contributed by atoms with E-state index >= 15 is 0 Å². The summed E-state index contributed by atoms with van der Waals surface area (Å²) in [6.07, 6.45) is 0. The lowest BCUT2D eigenvalue weighted by atomic mass is 9.82. The number of hydrogen-bond donors (Lipinski definition) is 0. The molecule has 1 aliphatic rings. The molecule has 1 aliphatic carbocycles. The van der Waals surface area contributed by atoms with Gasteiger partial charge in [-0.05, 0) is 134 Å². The summed E-state index contributed by atoms with van der Waals surface area (Å²) < 4.78 is 2.71. The SMILES string of the molecule is CC1(C)c2ccccc2-c2c1ccc1sc3c(-c4ccc5cc(-c6c7ccccc7c(-c7ccc8ccccc8c7)c7ccccc67)ccc5c4)c4ccccc4cc3c21. The maximum absolute atomic E-state index is 2.45. The van der Waals surface area contributed by atoms with Gasteiger partial charge in [0.2, 0.25) is 0 Å². The lowest BCUT2D eigenvalue weighted by molar-refractivity contribution is 0.661. The van der Waals surface area contributed by atoms with Gasteiger partial charge in [0.15, 0.2) is 0 Å². The molecule has 0 saturated carbocycles. The lowest BCUT2D eigenvalue weighted by Crippen LogP contribution is -2.14. The van der Waals surface area contributed by atoms with Gasteiger partial charge in [0.1, 0.15) is 0 Å². The second-order valence-electron chi connectivity index (χ2n) is 17.2. The predicted octanol–water partition coefficient (Wildman–Crippen LogP) is 17.1. The largest absolute Gasteiger partial charge is 0.134 e. The van der Waals surface area contributed by atoms with Crippen molar-refractivity contribution >= 4 is 85.4 Å². The van der Waals surface area contributed by atoms with E-state index in [0.29, 0.717) is 0 Å².